The Balaban J connectivity index is 2.21. The van der Waals surface area contributed by atoms with Gasteiger partial charge in [0.15, 0.2) is 0 Å². The van der Waals surface area contributed by atoms with Gasteiger partial charge in [0.2, 0.25) is 0 Å². The van der Waals surface area contributed by atoms with Crippen molar-refractivity contribution in [2.24, 2.45) is 0 Å². The second-order valence-corrected chi connectivity index (χ2v) is 4.22. The highest BCUT2D eigenvalue weighted by atomic mass is 16.5. The van der Waals surface area contributed by atoms with Crippen molar-refractivity contribution in [3.63, 3.8) is 0 Å². The van der Waals surface area contributed by atoms with Gasteiger partial charge >= 0.3 is 0 Å². The van der Waals surface area contributed by atoms with Crippen LogP contribution in [0, 0.1) is 18.3 Å². The number of nitrogens with zero attached hydrogens (tertiary/aromatic N) is 1. The third-order valence-electron chi connectivity index (χ3n) is 3.10. The molecular formula is C13H16N2O. The van der Waals surface area contributed by atoms with Crippen molar-refractivity contribution in [3.8, 4) is 6.07 Å². The second-order valence-electron chi connectivity index (χ2n) is 4.22. The van der Waals surface area contributed by atoms with Crippen molar-refractivity contribution in [1.82, 2.24) is 0 Å². The number of hydrogen-bond donors (Lipinski definition) is 1. The minimum Gasteiger partial charge on any atom is -0.379 e. The standard InChI is InChI=1S/C13H16N2O/c1-9-4-3-5-13(11(9)8-14)15-12-6-7-16-10(12)2/h3-5,10,12,15H,6-7H2,1-2H3. The number of hydrogen-bond acceptors (Lipinski definition) is 3. The number of nitriles is 1. The number of aryl methyl sites for hydroxylation is 1. The molecule has 0 aliphatic carbocycles. The molecule has 2 unspecified atom stereocenters. The molecule has 1 aromatic rings. The molecule has 2 atom stereocenters. The molecule has 0 aromatic heterocycles. The predicted molar refractivity (Wildman–Crippen MR) is 63.3 cm³/mol. The van der Waals surface area contributed by atoms with E-state index >= 15 is 0 Å². The molecule has 16 heavy (non-hydrogen) atoms. The van der Waals surface area contributed by atoms with Gasteiger partial charge in [0.25, 0.3) is 0 Å². The average Bonchev–Trinajstić information content (AvgIpc) is 2.65. The van der Waals surface area contributed by atoms with Gasteiger partial charge in [-0.1, -0.05) is 12.1 Å². The molecule has 3 nitrogen and oxygen atoms in total. The first-order valence-electron chi connectivity index (χ1n) is 5.60. The Hall–Kier alpha value is -1.53. The first-order valence-corrected chi connectivity index (χ1v) is 5.60. The van der Waals surface area contributed by atoms with Crippen molar-refractivity contribution >= 4 is 5.69 Å². The molecular weight excluding hydrogens is 200 g/mol. The van der Waals surface area contributed by atoms with Crippen molar-refractivity contribution in [2.75, 3.05) is 11.9 Å². The molecule has 0 radical (unpaired) electrons. The fourth-order valence-electron chi connectivity index (χ4n) is 2.06. The Morgan fingerprint density at radius 1 is 1.50 bits per heavy atom. The van der Waals surface area contributed by atoms with Crippen LogP contribution in [0.15, 0.2) is 18.2 Å². The SMILES string of the molecule is Cc1cccc(NC2CCOC2C)c1C#N. The number of anilines is 1. The highest BCUT2D eigenvalue weighted by molar-refractivity contribution is 5.61. The van der Waals surface area contributed by atoms with E-state index in [1.165, 1.54) is 0 Å². The van der Waals surface area contributed by atoms with E-state index in [1.54, 1.807) is 0 Å². The van der Waals surface area contributed by atoms with Crippen LogP contribution in [-0.2, 0) is 4.74 Å². The van der Waals surface area contributed by atoms with E-state index in [9.17, 15) is 0 Å². The lowest BCUT2D eigenvalue weighted by atomic mass is 10.1. The summed E-state index contributed by atoms with van der Waals surface area (Å²) in [5, 5.41) is 12.5. The summed E-state index contributed by atoms with van der Waals surface area (Å²) >= 11 is 0. The van der Waals surface area contributed by atoms with Crippen LogP contribution < -0.4 is 5.32 Å². The molecule has 1 saturated heterocycles. The van der Waals surface area contributed by atoms with Gasteiger partial charge < -0.3 is 10.1 Å². The molecule has 1 fully saturated rings. The van der Waals surface area contributed by atoms with Gasteiger partial charge in [-0.3, -0.25) is 0 Å². The largest absolute Gasteiger partial charge is 0.379 e. The van der Waals surface area contributed by atoms with E-state index in [1.807, 2.05) is 25.1 Å². The molecule has 1 aliphatic heterocycles. The summed E-state index contributed by atoms with van der Waals surface area (Å²) in [6.07, 6.45) is 1.21. The van der Waals surface area contributed by atoms with Crippen LogP contribution in [0.2, 0.25) is 0 Å². The third-order valence-corrected chi connectivity index (χ3v) is 3.10. The van der Waals surface area contributed by atoms with E-state index in [-0.39, 0.29) is 6.10 Å². The van der Waals surface area contributed by atoms with Gasteiger partial charge in [-0.2, -0.15) is 5.26 Å². The average molecular weight is 216 g/mol. The van der Waals surface area contributed by atoms with Crippen LogP contribution in [0.3, 0.4) is 0 Å². The number of benzene rings is 1. The molecule has 84 valence electrons. The molecule has 1 aromatic carbocycles. The third kappa shape index (κ3) is 2.02. The maximum Gasteiger partial charge on any atom is 0.102 e. The van der Waals surface area contributed by atoms with Crippen molar-refractivity contribution < 1.29 is 4.74 Å². The second kappa shape index (κ2) is 4.54. The molecule has 1 aliphatic rings. The summed E-state index contributed by atoms with van der Waals surface area (Å²) in [5.74, 6) is 0. The Kier molecular flexibility index (Phi) is 3.12. The number of ether oxygens (including phenoxy) is 1. The molecule has 0 spiro atoms. The van der Waals surface area contributed by atoms with Crippen molar-refractivity contribution in [3.05, 3.63) is 29.3 Å². The van der Waals surface area contributed by atoms with E-state index in [0.29, 0.717) is 6.04 Å². The summed E-state index contributed by atoms with van der Waals surface area (Å²) in [5.41, 5.74) is 2.67. The van der Waals surface area contributed by atoms with Gasteiger partial charge in [0.05, 0.1) is 23.4 Å². The first-order chi connectivity index (χ1) is 7.72. The van der Waals surface area contributed by atoms with Gasteiger partial charge in [-0.05, 0) is 31.9 Å². The monoisotopic (exact) mass is 216 g/mol. The Morgan fingerprint density at radius 2 is 2.31 bits per heavy atom. The van der Waals surface area contributed by atoms with E-state index in [4.69, 9.17) is 10.00 Å². The number of rotatable bonds is 2. The van der Waals surface area contributed by atoms with Crippen LogP contribution in [-0.4, -0.2) is 18.8 Å². The summed E-state index contributed by atoms with van der Waals surface area (Å²) in [4.78, 5) is 0. The highest BCUT2D eigenvalue weighted by Crippen LogP contribution is 2.23. The van der Waals surface area contributed by atoms with Crippen LogP contribution in [0.5, 0.6) is 0 Å². The Labute approximate surface area is 96.0 Å². The summed E-state index contributed by atoms with van der Waals surface area (Å²) in [7, 11) is 0. The molecule has 0 saturated carbocycles. The molecule has 1 N–H and O–H groups in total. The van der Waals surface area contributed by atoms with Crippen LogP contribution in [0.25, 0.3) is 0 Å². The Bertz CT molecular complexity index is 422. The summed E-state index contributed by atoms with van der Waals surface area (Å²) in [6, 6.07) is 8.45. The molecule has 3 heteroatoms. The van der Waals surface area contributed by atoms with Crippen LogP contribution in [0.1, 0.15) is 24.5 Å². The molecule has 2 rings (SSSR count). The zero-order valence-electron chi connectivity index (χ0n) is 9.66. The quantitative estimate of drug-likeness (QED) is 0.826. The maximum absolute atomic E-state index is 9.12. The number of nitrogens with one attached hydrogen (secondary N) is 1. The highest BCUT2D eigenvalue weighted by Gasteiger charge is 2.24. The first kappa shape index (κ1) is 11.0. The van der Waals surface area contributed by atoms with Gasteiger partial charge in [0, 0.05) is 6.61 Å². The lowest BCUT2D eigenvalue weighted by Crippen LogP contribution is -2.27. The zero-order valence-corrected chi connectivity index (χ0v) is 9.66. The summed E-state index contributed by atoms with van der Waals surface area (Å²) in [6.45, 7) is 4.82. The molecule has 0 bridgehead atoms. The fraction of sp³-hybridized carbons (Fsp3) is 0.462. The van der Waals surface area contributed by atoms with Gasteiger partial charge in [-0.25, -0.2) is 0 Å². The minimum absolute atomic E-state index is 0.215. The van der Waals surface area contributed by atoms with Gasteiger partial charge in [0.1, 0.15) is 6.07 Å². The minimum atomic E-state index is 0.215. The smallest absolute Gasteiger partial charge is 0.102 e. The topological polar surface area (TPSA) is 45.0 Å². The Morgan fingerprint density at radius 3 is 2.94 bits per heavy atom. The summed E-state index contributed by atoms with van der Waals surface area (Å²) < 4.78 is 5.50. The molecule has 1 heterocycles. The van der Waals surface area contributed by atoms with Crippen molar-refractivity contribution in [1.29, 1.82) is 5.26 Å². The van der Waals surface area contributed by atoms with Crippen LogP contribution >= 0.6 is 0 Å². The van der Waals surface area contributed by atoms with E-state index < -0.39 is 0 Å². The van der Waals surface area contributed by atoms with E-state index in [2.05, 4.69) is 18.3 Å². The van der Waals surface area contributed by atoms with Crippen LogP contribution in [0.4, 0.5) is 5.69 Å². The lowest BCUT2D eigenvalue weighted by Gasteiger charge is -2.18. The van der Waals surface area contributed by atoms with E-state index in [0.717, 1.165) is 29.8 Å². The lowest BCUT2D eigenvalue weighted by molar-refractivity contribution is 0.121. The zero-order chi connectivity index (χ0) is 11.5. The predicted octanol–water partition coefficient (Wildman–Crippen LogP) is 2.46. The van der Waals surface area contributed by atoms with Gasteiger partial charge in [-0.15, -0.1) is 0 Å². The normalized spacial score (nSPS) is 24.1. The molecule has 0 amide bonds. The van der Waals surface area contributed by atoms with Crippen molar-refractivity contribution in [2.45, 2.75) is 32.4 Å². The fourth-order valence-corrected chi connectivity index (χ4v) is 2.06. The maximum atomic E-state index is 9.12.